The number of nitrogens with one attached hydrogen (secondary N) is 1. The molecule has 1 aromatic rings. The molecule has 1 heterocycles. The smallest absolute Gasteiger partial charge is 0.203 e. The molecule has 1 aliphatic heterocycles. The van der Waals surface area contributed by atoms with E-state index >= 15 is 0 Å². The standard InChI is InChI=1S/C17H19NOS.ClHO4/c1-12-5-10-17(20-14(12)3)13(2)11-18-15-6-8-16(19-4)9-7-15;2-1(3,4)5/h5-11H,1-4H3;(H,2,3,4,5)/b17-13+,18-11?;. The van der Waals surface area contributed by atoms with Gasteiger partial charge in [0.25, 0.3) is 0 Å². The van der Waals surface area contributed by atoms with Gasteiger partial charge in [0.2, 0.25) is 5.69 Å². The van der Waals surface area contributed by atoms with Gasteiger partial charge in [-0.1, -0.05) is 17.8 Å². The van der Waals surface area contributed by atoms with Crippen molar-refractivity contribution in [3.63, 3.8) is 0 Å². The van der Waals surface area contributed by atoms with Crippen molar-refractivity contribution in [2.45, 2.75) is 20.8 Å². The molecule has 0 bridgehead atoms. The Morgan fingerprint density at radius 2 is 1.64 bits per heavy atom. The minimum Gasteiger partial charge on any atom is -0.497 e. The summed E-state index contributed by atoms with van der Waals surface area (Å²) in [5, 5.41) is 0. The van der Waals surface area contributed by atoms with Gasteiger partial charge in [-0.25, -0.2) is 23.6 Å². The zero-order valence-electron chi connectivity index (χ0n) is 14.4. The zero-order valence-corrected chi connectivity index (χ0v) is 15.9. The maximum Gasteiger partial charge on any atom is 0.203 e. The molecular formula is C17H20ClNO5S. The first-order valence-corrected chi connectivity index (χ1v) is 9.25. The summed E-state index contributed by atoms with van der Waals surface area (Å²) in [5.41, 5.74) is 3.63. The van der Waals surface area contributed by atoms with Gasteiger partial charge in [-0.05, 0) is 49.5 Å². The van der Waals surface area contributed by atoms with Gasteiger partial charge in [0.05, 0.1) is 7.11 Å². The Kier molecular flexibility index (Phi) is 8.37. The summed E-state index contributed by atoms with van der Waals surface area (Å²) < 4.78 is 39.1. The van der Waals surface area contributed by atoms with E-state index in [0.717, 1.165) is 11.4 Å². The minimum atomic E-state index is -4.94. The van der Waals surface area contributed by atoms with Crippen LogP contribution in [0.2, 0.25) is 0 Å². The third kappa shape index (κ3) is 8.87. The normalized spacial score (nSPS) is 16.6. The molecule has 0 aromatic heterocycles. The molecule has 0 fully saturated rings. The van der Waals surface area contributed by atoms with Crippen LogP contribution in [0.3, 0.4) is 0 Å². The average Bonchev–Trinajstić information content (AvgIpc) is 2.54. The van der Waals surface area contributed by atoms with Gasteiger partial charge in [0.15, 0.2) is 6.21 Å². The van der Waals surface area contributed by atoms with Gasteiger partial charge < -0.3 is 4.74 Å². The maximum absolute atomic E-state index is 8.49. The number of ether oxygens (including phenoxy) is 1. The first-order valence-electron chi connectivity index (χ1n) is 7.20. The van der Waals surface area contributed by atoms with Crippen molar-refractivity contribution >= 4 is 23.7 Å². The van der Waals surface area contributed by atoms with Crippen molar-refractivity contribution in [1.29, 1.82) is 0 Å². The summed E-state index contributed by atoms with van der Waals surface area (Å²) in [6, 6.07) is 7.91. The van der Waals surface area contributed by atoms with Crippen molar-refractivity contribution in [2.24, 2.45) is 0 Å². The molecule has 1 aliphatic rings. The van der Waals surface area contributed by atoms with Crippen LogP contribution in [-0.4, -0.2) is 13.3 Å². The third-order valence-electron chi connectivity index (χ3n) is 3.24. The number of rotatable bonds is 3. The molecule has 1 aromatic carbocycles. The van der Waals surface area contributed by atoms with Crippen molar-refractivity contribution in [1.82, 2.24) is 0 Å². The summed E-state index contributed by atoms with van der Waals surface area (Å²) in [5.74, 6) is 0.868. The number of benzene rings is 1. The molecule has 0 aliphatic carbocycles. The fraction of sp³-hybridized carbons (Fsp3) is 0.235. The fourth-order valence-corrected chi connectivity index (χ4v) is 2.67. The molecule has 0 radical (unpaired) electrons. The second-order valence-corrected chi connectivity index (χ2v) is 7.13. The number of methoxy groups -OCH3 is 1. The first-order chi connectivity index (χ1) is 11.6. The molecule has 0 saturated heterocycles. The Morgan fingerprint density at radius 3 is 2.12 bits per heavy atom. The molecule has 0 amide bonds. The number of hydrogen-bond donors (Lipinski definition) is 1. The molecule has 0 saturated carbocycles. The molecule has 1 N–H and O–H groups in total. The van der Waals surface area contributed by atoms with E-state index in [1.54, 1.807) is 7.11 Å². The lowest BCUT2D eigenvalue weighted by molar-refractivity contribution is -2.00. The Bertz CT molecular complexity index is 697. The van der Waals surface area contributed by atoms with Crippen molar-refractivity contribution in [2.75, 3.05) is 7.11 Å². The molecule has 0 atom stereocenters. The maximum atomic E-state index is 8.49. The van der Waals surface area contributed by atoms with Crippen LogP contribution in [-0.2, 0) is 0 Å². The molecule has 2 rings (SSSR count). The predicted molar refractivity (Wildman–Crippen MR) is 87.5 cm³/mol. The molecule has 8 heteroatoms. The van der Waals surface area contributed by atoms with Gasteiger partial charge in [-0.15, -0.1) is 10.2 Å². The zero-order chi connectivity index (χ0) is 19.0. The van der Waals surface area contributed by atoms with E-state index in [1.807, 2.05) is 42.2 Å². The van der Waals surface area contributed by atoms with E-state index in [9.17, 15) is 0 Å². The molecule has 6 nitrogen and oxygen atoms in total. The molecule has 0 unspecified atom stereocenters. The van der Waals surface area contributed by atoms with E-state index in [4.69, 9.17) is 23.4 Å². The Balaban J connectivity index is 0.000000550. The number of allylic oxidation sites excluding steroid dienone is 5. The lowest BCUT2D eigenvalue weighted by Gasteiger charge is -2.17. The highest BCUT2D eigenvalue weighted by atomic mass is 35.7. The van der Waals surface area contributed by atoms with Crippen LogP contribution < -0.4 is 28.4 Å². The lowest BCUT2D eigenvalue weighted by atomic mass is 10.2. The van der Waals surface area contributed by atoms with Crippen LogP contribution in [0.15, 0.2) is 57.4 Å². The van der Waals surface area contributed by atoms with Gasteiger partial charge in [0.1, 0.15) is 5.75 Å². The monoisotopic (exact) mass is 385 g/mol. The predicted octanol–water partition coefficient (Wildman–Crippen LogP) is -1.41. The van der Waals surface area contributed by atoms with Crippen molar-refractivity contribution in [3.05, 3.63) is 57.4 Å². The highest BCUT2D eigenvalue weighted by molar-refractivity contribution is 8.07. The van der Waals surface area contributed by atoms with E-state index < -0.39 is 10.2 Å². The van der Waals surface area contributed by atoms with Gasteiger partial charge in [-0.2, -0.15) is 0 Å². The number of hydrogen-bond acceptors (Lipinski definition) is 6. The first kappa shape index (κ1) is 21.4. The topological polar surface area (TPSA) is 115 Å². The SMILES string of the molecule is COc1ccc([NH+]=C/C(C)=C2\C=CC(C)=C(C)S2)cc1.[O-][Cl+3]([O-])([O-])[O-]. The average molecular weight is 386 g/mol. The Morgan fingerprint density at radius 1 is 1.08 bits per heavy atom. The van der Waals surface area contributed by atoms with E-state index in [-0.39, 0.29) is 0 Å². The molecule has 0 spiro atoms. The van der Waals surface area contributed by atoms with Crippen LogP contribution >= 0.6 is 11.8 Å². The van der Waals surface area contributed by atoms with E-state index in [0.29, 0.717) is 0 Å². The van der Waals surface area contributed by atoms with Crippen molar-refractivity contribution in [3.8, 4) is 5.75 Å². The Labute approximate surface area is 153 Å². The van der Waals surface area contributed by atoms with Crippen LogP contribution in [0.25, 0.3) is 0 Å². The summed E-state index contributed by atoms with van der Waals surface area (Å²) in [7, 11) is -3.27. The second-order valence-electron chi connectivity index (χ2n) is 5.12. The molecule has 136 valence electrons. The quantitative estimate of drug-likeness (QED) is 0.639. The van der Waals surface area contributed by atoms with E-state index in [2.05, 4.69) is 37.9 Å². The molecule has 25 heavy (non-hydrogen) atoms. The van der Waals surface area contributed by atoms with Gasteiger partial charge >= 0.3 is 0 Å². The number of thioether (sulfide) groups is 1. The largest absolute Gasteiger partial charge is 0.497 e. The number of halogens is 1. The second kappa shape index (κ2) is 9.76. The van der Waals surface area contributed by atoms with E-state index in [1.165, 1.54) is 21.0 Å². The van der Waals surface area contributed by atoms with Gasteiger partial charge in [0, 0.05) is 22.6 Å². The molecular weight excluding hydrogens is 366 g/mol. The van der Waals surface area contributed by atoms with Crippen LogP contribution in [0, 0.1) is 10.2 Å². The minimum absolute atomic E-state index is 0.868. The highest BCUT2D eigenvalue weighted by Crippen LogP contribution is 2.34. The van der Waals surface area contributed by atoms with Crippen LogP contribution in [0.4, 0.5) is 5.69 Å². The summed E-state index contributed by atoms with van der Waals surface area (Å²) >= 11 is 1.82. The summed E-state index contributed by atoms with van der Waals surface area (Å²) in [6.07, 6.45) is 6.39. The van der Waals surface area contributed by atoms with Crippen molar-refractivity contribution < 1.29 is 38.6 Å². The lowest BCUT2D eigenvalue weighted by Crippen LogP contribution is -2.68. The van der Waals surface area contributed by atoms with Crippen LogP contribution in [0.5, 0.6) is 5.75 Å². The van der Waals surface area contributed by atoms with Gasteiger partial charge in [-0.3, -0.25) is 0 Å². The Hall–Kier alpha value is -1.61. The summed E-state index contributed by atoms with van der Waals surface area (Å²) in [4.78, 5) is 5.96. The highest BCUT2D eigenvalue weighted by Gasteiger charge is 2.08. The summed E-state index contributed by atoms with van der Waals surface area (Å²) in [6.45, 7) is 6.43. The third-order valence-corrected chi connectivity index (χ3v) is 4.54. The van der Waals surface area contributed by atoms with Crippen LogP contribution in [0.1, 0.15) is 20.8 Å². The fourth-order valence-electron chi connectivity index (χ4n) is 1.76.